The Labute approximate surface area is 73.2 Å². The average Bonchev–Trinajstić information content (AvgIpc) is 2.32. The van der Waals surface area contributed by atoms with Gasteiger partial charge in [-0.15, -0.1) is 0 Å². The Balaban J connectivity index is 2.58. The third-order valence-corrected chi connectivity index (χ3v) is 3.97. The number of sulfonamides is 1. The van der Waals surface area contributed by atoms with Crippen LogP contribution in [0.3, 0.4) is 0 Å². The highest BCUT2D eigenvalue weighted by Gasteiger charge is 2.26. The van der Waals surface area contributed by atoms with Gasteiger partial charge in [-0.05, 0) is 19.8 Å². The fourth-order valence-electron chi connectivity index (χ4n) is 1.38. The standard InChI is InChI=1S/C7H15NO3S/c1-7(9)6-12(10,11)8-4-2-3-5-8/h7,9H,2-6H2,1H3/t7-/m0/s1. The van der Waals surface area contributed by atoms with E-state index in [9.17, 15) is 8.42 Å². The Kier molecular flexibility index (Phi) is 3.09. The molecular weight excluding hydrogens is 178 g/mol. The Morgan fingerprint density at radius 2 is 1.92 bits per heavy atom. The van der Waals surface area contributed by atoms with Gasteiger partial charge in [0.15, 0.2) is 0 Å². The van der Waals surface area contributed by atoms with E-state index in [1.807, 2.05) is 0 Å². The molecular formula is C7H15NO3S. The van der Waals surface area contributed by atoms with Gasteiger partial charge < -0.3 is 5.11 Å². The molecule has 0 saturated carbocycles. The van der Waals surface area contributed by atoms with E-state index in [1.54, 1.807) is 0 Å². The van der Waals surface area contributed by atoms with Crippen molar-refractivity contribution in [2.24, 2.45) is 0 Å². The first kappa shape index (κ1) is 9.95. The molecule has 0 unspecified atom stereocenters. The molecule has 0 radical (unpaired) electrons. The summed E-state index contributed by atoms with van der Waals surface area (Å²) in [5.74, 6) is -0.146. The predicted molar refractivity (Wildman–Crippen MR) is 46.3 cm³/mol. The molecule has 72 valence electrons. The second-order valence-electron chi connectivity index (χ2n) is 3.23. The van der Waals surface area contributed by atoms with E-state index < -0.39 is 16.1 Å². The van der Waals surface area contributed by atoms with Crippen LogP contribution in [0.25, 0.3) is 0 Å². The molecule has 12 heavy (non-hydrogen) atoms. The topological polar surface area (TPSA) is 57.6 Å². The first-order valence-electron chi connectivity index (χ1n) is 4.18. The van der Waals surface area contributed by atoms with Crippen molar-refractivity contribution in [1.82, 2.24) is 4.31 Å². The molecule has 1 heterocycles. The number of rotatable bonds is 3. The zero-order valence-electron chi connectivity index (χ0n) is 7.23. The molecule has 1 saturated heterocycles. The first-order valence-corrected chi connectivity index (χ1v) is 5.79. The van der Waals surface area contributed by atoms with Crippen molar-refractivity contribution >= 4 is 10.0 Å². The summed E-state index contributed by atoms with van der Waals surface area (Å²) < 4.78 is 24.3. The minimum atomic E-state index is -3.18. The molecule has 4 nitrogen and oxygen atoms in total. The lowest BCUT2D eigenvalue weighted by atomic mass is 10.4. The van der Waals surface area contributed by atoms with Gasteiger partial charge in [0, 0.05) is 13.1 Å². The Morgan fingerprint density at radius 1 is 1.42 bits per heavy atom. The van der Waals surface area contributed by atoms with E-state index in [2.05, 4.69) is 0 Å². The van der Waals surface area contributed by atoms with Crippen LogP contribution in [0.15, 0.2) is 0 Å². The molecule has 0 amide bonds. The summed E-state index contributed by atoms with van der Waals surface area (Å²) in [6, 6.07) is 0. The van der Waals surface area contributed by atoms with Gasteiger partial charge in [-0.2, -0.15) is 0 Å². The van der Waals surface area contributed by atoms with Crippen LogP contribution < -0.4 is 0 Å². The molecule has 1 aliphatic rings. The summed E-state index contributed by atoms with van der Waals surface area (Å²) in [6.45, 7) is 2.73. The third kappa shape index (κ3) is 2.43. The molecule has 1 rings (SSSR count). The molecule has 1 aliphatic heterocycles. The Hall–Kier alpha value is -0.130. The molecule has 5 heteroatoms. The maximum Gasteiger partial charge on any atom is 0.216 e. The van der Waals surface area contributed by atoms with Crippen molar-refractivity contribution in [3.05, 3.63) is 0 Å². The first-order chi connectivity index (χ1) is 5.52. The van der Waals surface area contributed by atoms with E-state index in [0.717, 1.165) is 12.8 Å². The van der Waals surface area contributed by atoms with Gasteiger partial charge >= 0.3 is 0 Å². The molecule has 0 aromatic rings. The summed E-state index contributed by atoms with van der Waals surface area (Å²) >= 11 is 0. The van der Waals surface area contributed by atoms with Crippen LogP contribution in [0, 0.1) is 0 Å². The van der Waals surface area contributed by atoms with Crippen LogP contribution in [0.5, 0.6) is 0 Å². The predicted octanol–water partition coefficient (Wildman–Crippen LogP) is -0.207. The number of hydrogen-bond acceptors (Lipinski definition) is 3. The molecule has 0 aromatic carbocycles. The van der Waals surface area contributed by atoms with Crippen LogP contribution in [-0.2, 0) is 10.0 Å². The van der Waals surface area contributed by atoms with Crippen molar-refractivity contribution in [3.8, 4) is 0 Å². The summed E-state index contributed by atoms with van der Waals surface area (Å²) in [5, 5.41) is 8.94. The van der Waals surface area contributed by atoms with Gasteiger partial charge in [-0.3, -0.25) is 0 Å². The molecule has 1 atom stereocenters. The summed E-state index contributed by atoms with van der Waals surface area (Å²) in [6.07, 6.45) is 1.12. The van der Waals surface area contributed by atoms with Crippen molar-refractivity contribution in [3.63, 3.8) is 0 Å². The lowest BCUT2D eigenvalue weighted by Gasteiger charge is -2.16. The van der Waals surface area contributed by atoms with Gasteiger partial charge in [0.1, 0.15) is 0 Å². The third-order valence-electron chi connectivity index (χ3n) is 1.91. The quantitative estimate of drug-likeness (QED) is 0.675. The minimum Gasteiger partial charge on any atom is -0.392 e. The SMILES string of the molecule is C[C@H](O)CS(=O)(=O)N1CCCC1. The molecule has 1 N–H and O–H groups in total. The Morgan fingerprint density at radius 3 is 2.33 bits per heavy atom. The number of nitrogens with zero attached hydrogens (tertiary/aromatic N) is 1. The number of aliphatic hydroxyl groups excluding tert-OH is 1. The summed E-state index contributed by atoms with van der Waals surface area (Å²) in [5.41, 5.74) is 0. The summed E-state index contributed by atoms with van der Waals surface area (Å²) in [4.78, 5) is 0. The van der Waals surface area contributed by atoms with Crippen molar-refractivity contribution in [2.75, 3.05) is 18.8 Å². The fourth-order valence-corrected chi connectivity index (χ4v) is 3.01. The fraction of sp³-hybridized carbons (Fsp3) is 1.00. The zero-order chi connectivity index (χ0) is 9.19. The Bertz CT molecular complexity index is 229. The van der Waals surface area contributed by atoms with Crippen LogP contribution >= 0.6 is 0 Å². The van der Waals surface area contributed by atoms with Crippen molar-refractivity contribution in [1.29, 1.82) is 0 Å². The average molecular weight is 193 g/mol. The monoisotopic (exact) mass is 193 g/mol. The zero-order valence-corrected chi connectivity index (χ0v) is 8.05. The van der Waals surface area contributed by atoms with Crippen LogP contribution in [0.4, 0.5) is 0 Å². The maximum atomic E-state index is 11.4. The maximum absolute atomic E-state index is 11.4. The van der Waals surface area contributed by atoms with E-state index in [1.165, 1.54) is 11.2 Å². The smallest absolute Gasteiger partial charge is 0.216 e. The molecule has 0 spiro atoms. The van der Waals surface area contributed by atoms with Gasteiger partial charge in [-0.1, -0.05) is 0 Å². The number of hydrogen-bond donors (Lipinski definition) is 1. The van der Waals surface area contributed by atoms with Gasteiger partial charge in [-0.25, -0.2) is 12.7 Å². The van der Waals surface area contributed by atoms with Gasteiger partial charge in [0.05, 0.1) is 11.9 Å². The van der Waals surface area contributed by atoms with E-state index >= 15 is 0 Å². The lowest BCUT2D eigenvalue weighted by molar-refractivity contribution is 0.216. The van der Waals surface area contributed by atoms with Crippen LogP contribution in [0.2, 0.25) is 0 Å². The van der Waals surface area contributed by atoms with E-state index in [4.69, 9.17) is 5.11 Å². The van der Waals surface area contributed by atoms with Crippen LogP contribution in [0.1, 0.15) is 19.8 Å². The molecule has 0 aliphatic carbocycles. The van der Waals surface area contributed by atoms with Crippen LogP contribution in [-0.4, -0.2) is 42.8 Å². The lowest BCUT2D eigenvalue weighted by Crippen LogP contribution is -2.33. The second-order valence-corrected chi connectivity index (χ2v) is 5.25. The number of aliphatic hydroxyl groups is 1. The summed E-state index contributed by atoms with van der Waals surface area (Å²) in [7, 11) is -3.18. The normalized spacial score (nSPS) is 22.8. The van der Waals surface area contributed by atoms with Gasteiger partial charge in [0.2, 0.25) is 10.0 Å². The molecule has 0 bridgehead atoms. The van der Waals surface area contributed by atoms with Crippen molar-refractivity contribution < 1.29 is 13.5 Å². The highest BCUT2D eigenvalue weighted by Crippen LogP contribution is 2.13. The highest BCUT2D eigenvalue weighted by atomic mass is 32.2. The largest absolute Gasteiger partial charge is 0.392 e. The molecule has 1 fully saturated rings. The van der Waals surface area contributed by atoms with E-state index in [-0.39, 0.29) is 5.75 Å². The van der Waals surface area contributed by atoms with Crippen molar-refractivity contribution in [2.45, 2.75) is 25.9 Å². The molecule has 0 aromatic heterocycles. The highest BCUT2D eigenvalue weighted by molar-refractivity contribution is 7.89. The van der Waals surface area contributed by atoms with E-state index in [0.29, 0.717) is 13.1 Å². The minimum absolute atomic E-state index is 0.146. The van der Waals surface area contributed by atoms with Gasteiger partial charge in [0.25, 0.3) is 0 Å². The second kappa shape index (κ2) is 3.72.